The van der Waals surface area contributed by atoms with Crippen LogP contribution in [0.15, 0.2) is 118 Å². The van der Waals surface area contributed by atoms with Crippen LogP contribution in [0.25, 0.3) is 23.0 Å². The van der Waals surface area contributed by atoms with Gasteiger partial charge in [0, 0.05) is 22.6 Å². The average molecular weight is 532 g/mol. The minimum Gasteiger partial charge on any atom is -0.496 e. The van der Waals surface area contributed by atoms with E-state index in [0.29, 0.717) is 30.1 Å². The number of hydrogen-bond donors (Lipinski definition) is 1. The number of nitrogens with two attached hydrogens (primary N) is 1. The number of ether oxygens (including phenoxy) is 3. The Morgan fingerprint density at radius 3 is 2.38 bits per heavy atom. The highest BCUT2D eigenvalue weighted by Gasteiger charge is 2.40. The van der Waals surface area contributed by atoms with Crippen molar-refractivity contribution < 1.29 is 18.7 Å². The molecule has 200 valence electrons. The van der Waals surface area contributed by atoms with E-state index in [1.807, 2.05) is 78.9 Å². The van der Waals surface area contributed by atoms with Crippen LogP contribution in [0, 0.1) is 0 Å². The maximum atomic E-state index is 6.71. The van der Waals surface area contributed by atoms with Gasteiger partial charge in [-0.25, -0.2) is 0 Å². The first-order chi connectivity index (χ1) is 19.6. The summed E-state index contributed by atoms with van der Waals surface area (Å²) in [7, 11) is 3.32. The second-order valence-electron chi connectivity index (χ2n) is 9.71. The Labute approximate surface area is 232 Å². The molecule has 0 saturated heterocycles. The highest BCUT2D eigenvalue weighted by Crippen LogP contribution is 2.52. The number of allylic oxidation sites excluding steroid dienone is 4. The molecule has 1 aliphatic carbocycles. The highest BCUT2D eigenvalue weighted by atomic mass is 16.5. The molecule has 1 unspecified atom stereocenters. The molecule has 0 amide bonds. The van der Waals surface area contributed by atoms with E-state index in [1.54, 1.807) is 14.2 Å². The Morgan fingerprint density at radius 1 is 0.900 bits per heavy atom. The number of rotatable bonds is 6. The van der Waals surface area contributed by atoms with Crippen LogP contribution in [0.2, 0.25) is 0 Å². The largest absolute Gasteiger partial charge is 0.496 e. The standard InChI is InChI=1S/C33H29N3O4/c1-20-17-23(19-22-13-7-9-15-26(22)37-2)30-25(18-20)28(24-14-8-10-16-27(24)38-3)29(31(34)39-30)33-35-32(36-40-33)21-11-5-4-6-12-21/h4-16,19,28H,1,17-18,34H2,2-3H3/b23-19+. The molecule has 1 atom stereocenters. The summed E-state index contributed by atoms with van der Waals surface area (Å²) < 4.78 is 23.6. The van der Waals surface area contributed by atoms with Crippen molar-refractivity contribution in [2.75, 3.05) is 14.2 Å². The summed E-state index contributed by atoms with van der Waals surface area (Å²) in [6.45, 7) is 4.38. The van der Waals surface area contributed by atoms with Gasteiger partial charge in [0.25, 0.3) is 5.89 Å². The van der Waals surface area contributed by atoms with Crippen LogP contribution >= 0.6 is 0 Å². The fourth-order valence-electron chi connectivity index (χ4n) is 5.42. The summed E-state index contributed by atoms with van der Waals surface area (Å²) in [5, 5.41) is 4.25. The lowest BCUT2D eigenvalue weighted by Gasteiger charge is -2.35. The Morgan fingerprint density at radius 2 is 1.60 bits per heavy atom. The normalized spacial score (nSPS) is 18.0. The minimum absolute atomic E-state index is 0.205. The van der Waals surface area contributed by atoms with Crippen LogP contribution in [0.4, 0.5) is 0 Å². The molecule has 1 aromatic heterocycles. The molecule has 7 heteroatoms. The molecule has 2 heterocycles. The molecule has 4 aromatic rings. The number of nitrogens with zero attached hydrogens (tertiary/aromatic N) is 2. The molecule has 0 bridgehead atoms. The third-order valence-electron chi connectivity index (χ3n) is 7.19. The lowest BCUT2D eigenvalue weighted by atomic mass is 9.75. The summed E-state index contributed by atoms with van der Waals surface area (Å²) >= 11 is 0. The number of benzene rings is 3. The zero-order valence-corrected chi connectivity index (χ0v) is 22.4. The second-order valence-corrected chi connectivity index (χ2v) is 9.71. The molecule has 2 aliphatic rings. The van der Waals surface area contributed by atoms with Gasteiger partial charge in [-0.2, -0.15) is 4.98 Å². The van der Waals surface area contributed by atoms with Gasteiger partial charge in [-0.3, -0.25) is 0 Å². The Hall–Kier alpha value is -5.04. The van der Waals surface area contributed by atoms with Crippen LogP contribution in [0.5, 0.6) is 11.5 Å². The van der Waals surface area contributed by atoms with Gasteiger partial charge in [0.1, 0.15) is 17.3 Å². The monoisotopic (exact) mass is 531 g/mol. The van der Waals surface area contributed by atoms with E-state index in [1.165, 1.54) is 0 Å². The molecule has 0 spiro atoms. The van der Waals surface area contributed by atoms with Crippen LogP contribution in [-0.4, -0.2) is 24.4 Å². The highest BCUT2D eigenvalue weighted by molar-refractivity contribution is 5.78. The minimum atomic E-state index is -0.359. The Balaban J connectivity index is 1.53. The van der Waals surface area contributed by atoms with Crippen molar-refractivity contribution in [2.24, 2.45) is 5.73 Å². The number of methoxy groups -OCH3 is 2. The van der Waals surface area contributed by atoms with Crippen LogP contribution < -0.4 is 15.2 Å². The molecule has 40 heavy (non-hydrogen) atoms. The van der Waals surface area contributed by atoms with E-state index >= 15 is 0 Å². The lowest BCUT2D eigenvalue weighted by Crippen LogP contribution is -2.24. The van der Waals surface area contributed by atoms with E-state index in [2.05, 4.69) is 17.8 Å². The smallest absolute Gasteiger partial charge is 0.260 e. The first kappa shape index (κ1) is 25.2. The summed E-state index contributed by atoms with van der Waals surface area (Å²) in [5.41, 5.74) is 13.0. The van der Waals surface area contributed by atoms with Gasteiger partial charge in [0.2, 0.25) is 11.7 Å². The summed E-state index contributed by atoms with van der Waals surface area (Å²) in [6, 6.07) is 25.4. The fraction of sp³-hybridized carbons (Fsp3) is 0.152. The first-order valence-electron chi connectivity index (χ1n) is 13.0. The van der Waals surface area contributed by atoms with Crippen molar-refractivity contribution in [3.63, 3.8) is 0 Å². The van der Waals surface area contributed by atoms with Gasteiger partial charge in [-0.15, -0.1) is 0 Å². The summed E-state index contributed by atoms with van der Waals surface area (Å²) in [4.78, 5) is 4.74. The molecule has 7 nitrogen and oxygen atoms in total. The van der Waals surface area contributed by atoms with Gasteiger partial charge >= 0.3 is 0 Å². The lowest BCUT2D eigenvalue weighted by molar-refractivity contribution is 0.286. The van der Waals surface area contributed by atoms with Crippen molar-refractivity contribution in [2.45, 2.75) is 18.8 Å². The van der Waals surface area contributed by atoms with Gasteiger partial charge < -0.3 is 24.5 Å². The Bertz CT molecular complexity index is 1680. The quantitative estimate of drug-likeness (QED) is 0.271. The molecule has 0 fully saturated rings. The van der Waals surface area contributed by atoms with Crippen molar-refractivity contribution in [3.8, 4) is 22.9 Å². The molecule has 6 rings (SSSR count). The maximum absolute atomic E-state index is 6.71. The van der Waals surface area contributed by atoms with Gasteiger partial charge in [0.05, 0.1) is 19.8 Å². The molecule has 0 saturated carbocycles. The summed E-state index contributed by atoms with van der Waals surface area (Å²) in [5.74, 6) is 2.83. The second kappa shape index (κ2) is 10.6. The average Bonchev–Trinajstić information content (AvgIpc) is 3.47. The van der Waals surface area contributed by atoms with E-state index in [-0.39, 0.29) is 11.8 Å². The first-order valence-corrected chi connectivity index (χ1v) is 13.0. The van der Waals surface area contributed by atoms with Gasteiger partial charge in [0.15, 0.2) is 0 Å². The Kier molecular flexibility index (Phi) is 6.70. The molecular weight excluding hydrogens is 502 g/mol. The molecule has 0 radical (unpaired) electrons. The predicted octanol–water partition coefficient (Wildman–Crippen LogP) is 6.88. The molecular formula is C33H29N3O4. The van der Waals surface area contributed by atoms with E-state index in [4.69, 9.17) is 29.5 Å². The zero-order chi connectivity index (χ0) is 27.6. The molecule has 3 aromatic carbocycles. The van der Waals surface area contributed by atoms with Crippen molar-refractivity contribution >= 4 is 11.6 Å². The van der Waals surface area contributed by atoms with Crippen molar-refractivity contribution in [3.05, 3.63) is 131 Å². The van der Waals surface area contributed by atoms with E-state index < -0.39 is 0 Å². The van der Waals surface area contributed by atoms with E-state index in [9.17, 15) is 0 Å². The third kappa shape index (κ3) is 4.56. The summed E-state index contributed by atoms with van der Waals surface area (Å²) in [6.07, 6.45) is 3.35. The molecule has 2 N–H and O–H groups in total. The van der Waals surface area contributed by atoms with Gasteiger partial charge in [-0.1, -0.05) is 84.0 Å². The fourth-order valence-corrected chi connectivity index (χ4v) is 5.42. The zero-order valence-electron chi connectivity index (χ0n) is 22.4. The van der Waals surface area contributed by atoms with Crippen molar-refractivity contribution in [1.29, 1.82) is 0 Å². The van der Waals surface area contributed by atoms with E-state index in [0.717, 1.165) is 50.7 Å². The number of para-hydroxylation sites is 2. The SMILES string of the molecule is C=C1CC2=C(OC(N)=C(c3nc(-c4ccccc4)no3)C2c2ccccc2OC)/C(=C/c2ccccc2OC)C1. The van der Waals surface area contributed by atoms with Crippen LogP contribution in [0.3, 0.4) is 0 Å². The molecule has 1 aliphatic heterocycles. The van der Waals surface area contributed by atoms with Crippen molar-refractivity contribution in [1.82, 2.24) is 10.1 Å². The van der Waals surface area contributed by atoms with Crippen LogP contribution in [-0.2, 0) is 4.74 Å². The number of hydrogen-bond acceptors (Lipinski definition) is 7. The van der Waals surface area contributed by atoms with Crippen LogP contribution in [0.1, 0.15) is 35.8 Å². The van der Waals surface area contributed by atoms with Gasteiger partial charge in [-0.05, 0) is 42.2 Å². The predicted molar refractivity (Wildman–Crippen MR) is 154 cm³/mol. The number of aromatic nitrogens is 2. The topological polar surface area (TPSA) is 92.6 Å². The maximum Gasteiger partial charge on any atom is 0.260 e. The third-order valence-corrected chi connectivity index (χ3v) is 7.19.